The van der Waals surface area contributed by atoms with Crippen molar-refractivity contribution in [2.75, 3.05) is 20.0 Å². The Labute approximate surface area is 105 Å². The number of ketones is 1. The smallest absolute Gasteiger partial charge is 0.337 e. The van der Waals surface area contributed by atoms with Gasteiger partial charge in [0.25, 0.3) is 10.1 Å². The maximum atomic E-state index is 11.5. The summed E-state index contributed by atoms with van der Waals surface area (Å²) >= 11 is 0. The van der Waals surface area contributed by atoms with Crippen LogP contribution in [0.4, 0.5) is 0 Å². The van der Waals surface area contributed by atoms with E-state index in [0.29, 0.717) is 5.56 Å². The van der Waals surface area contributed by atoms with Crippen molar-refractivity contribution in [3.63, 3.8) is 0 Å². The van der Waals surface area contributed by atoms with Gasteiger partial charge in [-0.25, -0.2) is 4.79 Å². The number of carbonyl (C=O) groups excluding carboxylic acids is 2. The zero-order valence-corrected chi connectivity index (χ0v) is 10.7. The second-order valence-electron chi connectivity index (χ2n) is 3.46. The lowest BCUT2D eigenvalue weighted by atomic mass is 10.1. The normalized spacial score (nSPS) is 11.0. The van der Waals surface area contributed by atoms with Crippen molar-refractivity contribution in [1.82, 2.24) is 0 Å². The molecule has 0 spiro atoms. The summed E-state index contributed by atoms with van der Waals surface area (Å²) in [5.74, 6) is -1.00. The lowest BCUT2D eigenvalue weighted by Crippen LogP contribution is -2.13. The molecule has 1 aromatic rings. The van der Waals surface area contributed by atoms with Gasteiger partial charge in [-0.05, 0) is 12.1 Å². The molecule has 0 aliphatic heterocycles. The van der Waals surface area contributed by atoms with E-state index in [1.165, 1.54) is 31.4 Å². The van der Waals surface area contributed by atoms with Crippen LogP contribution in [0.25, 0.3) is 0 Å². The third kappa shape index (κ3) is 4.27. The van der Waals surface area contributed by atoms with Gasteiger partial charge in [-0.1, -0.05) is 12.1 Å². The monoisotopic (exact) mass is 272 g/mol. The molecule has 0 fully saturated rings. The van der Waals surface area contributed by atoms with Crippen LogP contribution in [-0.2, 0) is 19.0 Å². The third-order valence-electron chi connectivity index (χ3n) is 2.03. The average molecular weight is 272 g/mol. The Bertz CT molecular complexity index is 543. The summed E-state index contributed by atoms with van der Waals surface area (Å²) in [6, 6.07) is 5.64. The summed E-state index contributed by atoms with van der Waals surface area (Å²) in [5, 5.41) is 0. The average Bonchev–Trinajstić information content (AvgIpc) is 2.34. The van der Waals surface area contributed by atoms with E-state index in [2.05, 4.69) is 8.92 Å². The topological polar surface area (TPSA) is 86.7 Å². The number of esters is 1. The minimum atomic E-state index is -3.65. The minimum Gasteiger partial charge on any atom is -0.465 e. The molecule has 1 aromatic carbocycles. The van der Waals surface area contributed by atoms with E-state index in [1.54, 1.807) is 0 Å². The fourth-order valence-corrected chi connectivity index (χ4v) is 1.48. The van der Waals surface area contributed by atoms with Gasteiger partial charge in [0.05, 0.1) is 18.9 Å². The van der Waals surface area contributed by atoms with E-state index in [0.717, 1.165) is 6.26 Å². The van der Waals surface area contributed by atoms with Crippen LogP contribution >= 0.6 is 0 Å². The van der Waals surface area contributed by atoms with Crippen LogP contribution in [0.15, 0.2) is 24.3 Å². The zero-order valence-electron chi connectivity index (χ0n) is 9.87. The summed E-state index contributed by atoms with van der Waals surface area (Å²) < 4.78 is 30.3. The van der Waals surface area contributed by atoms with E-state index >= 15 is 0 Å². The van der Waals surface area contributed by atoms with Gasteiger partial charge in [0, 0.05) is 5.56 Å². The van der Waals surface area contributed by atoms with Crippen molar-refractivity contribution in [2.24, 2.45) is 0 Å². The van der Waals surface area contributed by atoms with Crippen LogP contribution in [0, 0.1) is 0 Å². The summed E-state index contributed by atoms with van der Waals surface area (Å²) in [6.07, 6.45) is 0.862. The predicted molar refractivity (Wildman–Crippen MR) is 62.9 cm³/mol. The highest BCUT2D eigenvalue weighted by molar-refractivity contribution is 7.86. The van der Waals surface area contributed by atoms with E-state index in [-0.39, 0.29) is 5.56 Å². The van der Waals surface area contributed by atoms with Gasteiger partial charge in [-0.2, -0.15) is 8.42 Å². The summed E-state index contributed by atoms with van der Waals surface area (Å²) in [7, 11) is -2.40. The molecule has 0 aliphatic carbocycles. The van der Waals surface area contributed by atoms with Crippen molar-refractivity contribution in [1.29, 1.82) is 0 Å². The Morgan fingerprint density at radius 1 is 1.11 bits per heavy atom. The number of hydrogen-bond donors (Lipinski definition) is 0. The summed E-state index contributed by atoms with van der Waals surface area (Å²) in [6.45, 7) is -0.559. The molecule has 0 bridgehead atoms. The van der Waals surface area contributed by atoms with Gasteiger partial charge < -0.3 is 4.74 Å². The Morgan fingerprint density at radius 3 is 2.06 bits per heavy atom. The zero-order chi connectivity index (χ0) is 13.8. The molecule has 0 heterocycles. The fourth-order valence-electron chi connectivity index (χ4n) is 1.15. The molecule has 18 heavy (non-hydrogen) atoms. The van der Waals surface area contributed by atoms with E-state index in [1.807, 2.05) is 0 Å². The summed E-state index contributed by atoms with van der Waals surface area (Å²) in [5.41, 5.74) is 0.560. The molecule has 0 N–H and O–H groups in total. The molecule has 0 amide bonds. The first-order valence-corrected chi connectivity index (χ1v) is 6.71. The first-order valence-electron chi connectivity index (χ1n) is 4.89. The van der Waals surface area contributed by atoms with Gasteiger partial charge in [-0.15, -0.1) is 0 Å². The van der Waals surface area contributed by atoms with Crippen LogP contribution in [-0.4, -0.2) is 40.1 Å². The van der Waals surface area contributed by atoms with Crippen molar-refractivity contribution in [2.45, 2.75) is 0 Å². The Morgan fingerprint density at radius 2 is 1.61 bits per heavy atom. The molecule has 0 saturated carbocycles. The molecular formula is C11H12O6S. The van der Waals surface area contributed by atoms with E-state index in [4.69, 9.17) is 0 Å². The molecule has 0 atom stereocenters. The highest BCUT2D eigenvalue weighted by Gasteiger charge is 2.11. The number of ether oxygens (including phenoxy) is 1. The largest absolute Gasteiger partial charge is 0.465 e. The lowest BCUT2D eigenvalue weighted by Gasteiger charge is -2.02. The number of benzene rings is 1. The van der Waals surface area contributed by atoms with Crippen LogP contribution in [0.5, 0.6) is 0 Å². The van der Waals surface area contributed by atoms with E-state index < -0.39 is 28.5 Å². The molecule has 6 nitrogen and oxygen atoms in total. The Balaban J connectivity index is 2.73. The standard InChI is InChI=1S/C11H12O6S/c1-16-11(13)9-5-3-8(4-6-9)10(12)7-17-18(2,14)15/h3-6H,7H2,1-2H3. The number of hydrogen-bond acceptors (Lipinski definition) is 6. The molecule has 98 valence electrons. The first-order chi connectivity index (χ1) is 8.33. The first kappa shape index (κ1) is 14.3. The van der Waals surface area contributed by atoms with E-state index in [9.17, 15) is 18.0 Å². The lowest BCUT2D eigenvalue weighted by molar-refractivity contribution is 0.0600. The SMILES string of the molecule is COC(=O)c1ccc(C(=O)COS(C)(=O)=O)cc1. The number of Topliss-reactive ketones (excluding diaryl/α,β-unsaturated/α-hetero) is 1. The second-order valence-corrected chi connectivity index (χ2v) is 5.10. The minimum absolute atomic E-state index is 0.256. The molecule has 0 aliphatic rings. The number of methoxy groups -OCH3 is 1. The third-order valence-corrected chi connectivity index (χ3v) is 2.58. The molecule has 0 unspecified atom stereocenters. The quantitative estimate of drug-likeness (QED) is 0.444. The summed E-state index contributed by atoms with van der Waals surface area (Å²) in [4.78, 5) is 22.7. The van der Waals surface area contributed by atoms with Crippen LogP contribution in [0.3, 0.4) is 0 Å². The highest BCUT2D eigenvalue weighted by Crippen LogP contribution is 2.07. The fraction of sp³-hybridized carbons (Fsp3) is 0.273. The maximum absolute atomic E-state index is 11.5. The van der Waals surface area contributed by atoms with Crippen LogP contribution in [0.1, 0.15) is 20.7 Å². The van der Waals surface area contributed by atoms with Crippen molar-refractivity contribution in [3.05, 3.63) is 35.4 Å². The molecule has 0 saturated heterocycles. The van der Waals surface area contributed by atoms with Gasteiger partial charge in [0.1, 0.15) is 6.61 Å². The van der Waals surface area contributed by atoms with Gasteiger partial charge >= 0.3 is 5.97 Å². The van der Waals surface area contributed by atoms with Crippen molar-refractivity contribution >= 4 is 21.9 Å². The van der Waals surface area contributed by atoms with Crippen molar-refractivity contribution in [3.8, 4) is 0 Å². The molecule has 0 radical (unpaired) electrons. The Kier molecular flexibility index (Phi) is 4.57. The van der Waals surface area contributed by atoms with Gasteiger partial charge in [0.15, 0.2) is 5.78 Å². The van der Waals surface area contributed by atoms with Crippen molar-refractivity contribution < 1.29 is 26.9 Å². The molecular weight excluding hydrogens is 260 g/mol. The second kappa shape index (κ2) is 5.74. The Hall–Kier alpha value is -1.73. The maximum Gasteiger partial charge on any atom is 0.337 e. The molecule has 1 rings (SSSR count). The predicted octanol–water partition coefficient (Wildman–Crippen LogP) is 0.632. The molecule has 7 heteroatoms. The van der Waals surface area contributed by atoms with Gasteiger partial charge in [0.2, 0.25) is 0 Å². The van der Waals surface area contributed by atoms with Gasteiger partial charge in [-0.3, -0.25) is 8.98 Å². The number of carbonyl (C=O) groups is 2. The molecule has 0 aromatic heterocycles. The number of rotatable bonds is 5. The van der Waals surface area contributed by atoms with Crippen LogP contribution < -0.4 is 0 Å². The highest BCUT2D eigenvalue weighted by atomic mass is 32.2. The van der Waals surface area contributed by atoms with Crippen LogP contribution in [0.2, 0.25) is 0 Å².